The molecular formula is C15H13ClN4O4. The van der Waals surface area contributed by atoms with Crippen molar-refractivity contribution in [2.24, 2.45) is 7.05 Å². The van der Waals surface area contributed by atoms with Gasteiger partial charge in [0.2, 0.25) is 5.82 Å². The highest BCUT2D eigenvalue weighted by molar-refractivity contribution is 6.30. The molecule has 3 heterocycles. The average molecular weight is 349 g/mol. The number of carbonyl (C=O) groups is 1. The minimum absolute atomic E-state index is 0.154. The zero-order chi connectivity index (χ0) is 17.3. The molecule has 0 aliphatic carbocycles. The van der Waals surface area contributed by atoms with Crippen molar-refractivity contribution in [3.63, 3.8) is 0 Å². The lowest BCUT2D eigenvalue weighted by molar-refractivity contribution is -0.136. The number of nitrogens with zero attached hydrogens (tertiary/aromatic N) is 4. The zero-order valence-electron chi connectivity index (χ0n) is 12.9. The van der Waals surface area contributed by atoms with Gasteiger partial charge >= 0.3 is 5.97 Å². The van der Waals surface area contributed by atoms with E-state index in [4.69, 9.17) is 26.0 Å². The molecule has 8 nitrogen and oxygen atoms in total. The van der Waals surface area contributed by atoms with Crippen molar-refractivity contribution in [1.29, 1.82) is 0 Å². The van der Waals surface area contributed by atoms with Crippen LogP contribution in [0.3, 0.4) is 0 Å². The maximum Gasteiger partial charge on any atom is 0.309 e. The fourth-order valence-electron chi connectivity index (χ4n) is 2.29. The molecule has 24 heavy (non-hydrogen) atoms. The summed E-state index contributed by atoms with van der Waals surface area (Å²) in [5.74, 6) is -0.100. The number of pyridine rings is 1. The first-order chi connectivity index (χ1) is 11.5. The molecule has 1 N–H and O–H groups in total. The second-order valence-electron chi connectivity index (χ2n) is 4.99. The summed E-state index contributed by atoms with van der Waals surface area (Å²) in [6.07, 6.45) is 3.03. The highest BCUT2D eigenvalue weighted by atomic mass is 35.5. The summed E-state index contributed by atoms with van der Waals surface area (Å²) in [5.41, 5.74) is 1.51. The van der Waals surface area contributed by atoms with E-state index >= 15 is 0 Å². The summed E-state index contributed by atoms with van der Waals surface area (Å²) in [4.78, 5) is 19.5. The standard InChI is InChI=1S/C15H13ClN4O4/c1-20-4-3-9(10(20)6-12(21)22)15-18-14(19-24-15)13-11(23-2)5-8(16)7-17-13/h3-5,7H,6H2,1-2H3,(H,21,22). The predicted molar refractivity (Wildman–Crippen MR) is 84.8 cm³/mol. The van der Waals surface area contributed by atoms with Crippen molar-refractivity contribution in [2.45, 2.75) is 6.42 Å². The van der Waals surface area contributed by atoms with Crippen LogP contribution in [0.15, 0.2) is 29.0 Å². The second kappa shape index (κ2) is 6.32. The SMILES string of the molecule is COc1cc(Cl)cnc1-c1noc(-c2ccn(C)c2CC(=O)O)n1. The number of carboxylic acids is 1. The van der Waals surface area contributed by atoms with Gasteiger partial charge < -0.3 is 18.9 Å². The first-order valence-corrected chi connectivity index (χ1v) is 7.27. The summed E-state index contributed by atoms with van der Waals surface area (Å²) in [6.45, 7) is 0. The average Bonchev–Trinajstić information content (AvgIpc) is 3.15. The van der Waals surface area contributed by atoms with Gasteiger partial charge in [0.25, 0.3) is 5.89 Å². The van der Waals surface area contributed by atoms with Gasteiger partial charge in [-0.05, 0) is 6.07 Å². The van der Waals surface area contributed by atoms with Gasteiger partial charge in [-0.25, -0.2) is 4.98 Å². The molecule has 0 fully saturated rings. The maximum atomic E-state index is 11.0. The number of carboxylic acid groups (broad SMARTS) is 1. The van der Waals surface area contributed by atoms with Crippen molar-refractivity contribution in [3.05, 3.63) is 35.2 Å². The van der Waals surface area contributed by atoms with E-state index in [2.05, 4.69) is 15.1 Å². The van der Waals surface area contributed by atoms with Crippen molar-refractivity contribution in [2.75, 3.05) is 7.11 Å². The molecule has 0 aliphatic rings. The lowest BCUT2D eigenvalue weighted by Crippen LogP contribution is -2.06. The number of ether oxygens (including phenoxy) is 1. The van der Waals surface area contributed by atoms with Crippen LogP contribution in [0.4, 0.5) is 0 Å². The quantitative estimate of drug-likeness (QED) is 0.755. The van der Waals surface area contributed by atoms with Crippen LogP contribution in [-0.4, -0.2) is 37.9 Å². The largest absolute Gasteiger partial charge is 0.494 e. The van der Waals surface area contributed by atoms with Crippen LogP contribution >= 0.6 is 11.6 Å². The van der Waals surface area contributed by atoms with Crippen LogP contribution in [0.1, 0.15) is 5.69 Å². The lowest BCUT2D eigenvalue weighted by Gasteiger charge is -2.03. The molecule has 0 spiro atoms. The number of aromatic nitrogens is 4. The van der Waals surface area contributed by atoms with Gasteiger partial charge in [0.05, 0.1) is 24.1 Å². The monoisotopic (exact) mass is 348 g/mol. The summed E-state index contributed by atoms with van der Waals surface area (Å²) < 4.78 is 12.2. The Kier molecular flexibility index (Phi) is 4.22. The van der Waals surface area contributed by atoms with Gasteiger partial charge in [-0.3, -0.25) is 4.79 Å². The molecular weight excluding hydrogens is 336 g/mol. The number of aliphatic carboxylic acids is 1. The summed E-state index contributed by atoms with van der Waals surface area (Å²) in [6, 6.07) is 3.32. The Morgan fingerprint density at radius 3 is 3.00 bits per heavy atom. The van der Waals surface area contributed by atoms with E-state index in [1.165, 1.54) is 13.3 Å². The number of hydrogen-bond acceptors (Lipinski definition) is 6. The molecule has 0 amide bonds. The molecule has 124 valence electrons. The third-order valence-corrected chi connectivity index (χ3v) is 3.63. The summed E-state index contributed by atoms with van der Waals surface area (Å²) >= 11 is 5.89. The highest BCUT2D eigenvalue weighted by Crippen LogP contribution is 2.30. The van der Waals surface area contributed by atoms with Crippen LogP contribution < -0.4 is 4.74 Å². The van der Waals surface area contributed by atoms with Crippen LogP contribution in [-0.2, 0) is 18.3 Å². The van der Waals surface area contributed by atoms with Crippen LogP contribution in [0.5, 0.6) is 5.75 Å². The molecule has 3 aromatic rings. The minimum Gasteiger partial charge on any atom is -0.494 e. The second-order valence-corrected chi connectivity index (χ2v) is 5.42. The van der Waals surface area contributed by atoms with Gasteiger partial charge in [0, 0.05) is 31.2 Å². The van der Waals surface area contributed by atoms with Gasteiger partial charge in [0.15, 0.2) is 5.69 Å². The van der Waals surface area contributed by atoms with Gasteiger partial charge in [-0.15, -0.1) is 0 Å². The molecule has 0 atom stereocenters. The molecule has 0 aromatic carbocycles. The van der Waals surface area contributed by atoms with Crippen LogP contribution in [0.2, 0.25) is 5.02 Å². The Hall–Kier alpha value is -2.87. The van der Waals surface area contributed by atoms with Crippen molar-refractivity contribution in [1.82, 2.24) is 19.7 Å². The van der Waals surface area contributed by atoms with E-state index in [1.807, 2.05) is 0 Å². The number of methoxy groups -OCH3 is 1. The molecule has 3 rings (SSSR count). The maximum absolute atomic E-state index is 11.0. The van der Waals surface area contributed by atoms with Gasteiger partial charge in [-0.2, -0.15) is 4.98 Å². The molecule has 9 heteroatoms. The number of aryl methyl sites for hydroxylation is 1. The fourth-order valence-corrected chi connectivity index (χ4v) is 2.44. The highest BCUT2D eigenvalue weighted by Gasteiger charge is 2.20. The number of rotatable bonds is 5. The molecule has 0 radical (unpaired) electrons. The molecule has 0 unspecified atom stereocenters. The number of hydrogen-bond donors (Lipinski definition) is 1. The van der Waals surface area contributed by atoms with E-state index in [0.29, 0.717) is 27.7 Å². The Labute approximate surface area is 141 Å². The Morgan fingerprint density at radius 2 is 2.29 bits per heavy atom. The minimum atomic E-state index is -0.946. The third kappa shape index (κ3) is 2.95. The predicted octanol–water partition coefficient (Wildman–Crippen LogP) is 2.43. The molecule has 0 aliphatic heterocycles. The zero-order valence-corrected chi connectivity index (χ0v) is 13.6. The Bertz CT molecular complexity index is 903. The lowest BCUT2D eigenvalue weighted by atomic mass is 10.2. The van der Waals surface area contributed by atoms with Crippen molar-refractivity contribution >= 4 is 17.6 Å². The van der Waals surface area contributed by atoms with Gasteiger partial charge in [-0.1, -0.05) is 16.8 Å². The van der Waals surface area contributed by atoms with Crippen molar-refractivity contribution < 1.29 is 19.2 Å². The normalized spacial score (nSPS) is 10.8. The molecule has 0 saturated heterocycles. The van der Waals surface area contributed by atoms with E-state index < -0.39 is 5.97 Å². The Morgan fingerprint density at radius 1 is 1.50 bits per heavy atom. The van der Waals surface area contributed by atoms with Crippen molar-refractivity contribution in [3.8, 4) is 28.7 Å². The molecule has 0 saturated carbocycles. The third-order valence-electron chi connectivity index (χ3n) is 3.43. The summed E-state index contributed by atoms with van der Waals surface area (Å²) in [5, 5.41) is 13.4. The molecule has 0 bridgehead atoms. The number of halogens is 1. The van der Waals surface area contributed by atoms with Crippen LogP contribution in [0, 0.1) is 0 Å². The van der Waals surface area contributed by atoms with Crippen LogP contribution in [0.25, 0.3) is 23.0 Å². The topological polar surface area (TPSA) is 103 Å². The Balaban J connectivity index is 2.02. The van der Waals surface area contributed by atoms with E-state index in [-0.39, 0.29) is 18.1 Å². The first kappa shape index (κ1) is 16.0. The first-order valence-electron chi connectivity index (χ1n) is 6.89. The van der Waals surface area contributed by atoms with E-state index in [1.54, 1.807) is 29.9 Å². The van der Waals surface area contributed by atoms with Gasteiger partial charge in [0.1, 0.15) is 5.75 Å². The summed E-state index contributed by atoms with van der Waals surface area (Å²) in [7, 11) is 3.24. The smallest absolute Gasteiger partial charge is 0.309 e. The van der Waals surface area contributed by atoms with E-state index in [9.17, 15) is 4.79 Å². The van der Waals surface area contributed by atoms with E-state index in [0.717, 1.165) is 0 Å². The fraction of sp³-hybridized carbons (Fsp3) is 0.200. The molecule has 3 aromatic heterocycles.